The van der Waals surface area contributed by atoms with Crippen LogP contribution in [0.3, 0.4) is 0 Å². The molecular formula is C11H13FN2O2. The highest BCUT2D eigenvalue weighted by molar-refractivity contribution is 5.94. The van der Waals surface area contributed by atoms with Gasteiger partial charge in [0.15, 0.2) is 0 Å². The monoisotopic (exact) mass is 224 g/mol. The lowest BCUT2D eigenvalue weighted by atomic mass is 10.2. The van der Waals surface area contributed by atoms with Gasteiger partial charge in [0.05, 0.1) is 6.61 Å². The number of halogens is 1. The molecule has 16 heavy (non-hydrogen) atoms. The molecule has 1 aromatic carbocycles. The van der Waals surface area contributed by atoms with Crippen LogP contribution < -0.4 is 10.6 Å². The number of carbonyl (C=O) groups is 1. The van der Waals surface area contributed by atoms with Crippen LogP contribution in [0.2, 0.25) is 0 Å². The molecule has 1 aromatic rings. The zero-order valence-corrected chi connectivity index (χ0v) is 8.70. The van der Waals surface area contributed by atoms with Crippen molar-refractivity contribution in [1.82, 2.24) is 5.32 Å². The minimum atomic E-state index is -0.503. The SMILES string of the molecule is O=C(Nc1cccc(F)c1)C1CNCCO1. The summed E-state index contributed by atoms with van der Waals surface area (Å²) in [5.74, 6) is -0.627. The number of anilines is 1. The molecule has 0 spiro atoms. The van der Waals surface area contributed by atoms with Crippen molar-refractivity contribution in [2.75, 3.05) is 25.0 Å². The van der Waals surface area contributed by atoms with Gasteiger partial charge in [-0.25, -0.2) is 4.39 Å². The zero-order valence-electron chi connectivity index (χ0n) is 8.70. The molecule has 1 amide bonds. The Labute approximate surface area is 92.8 Å². The van der Waals surface area contributed by atoms with Crippen molar-refractivity contribution in [2.24, 2.45) is 0 Å². The van der Waals surface area contributed by atoms with Crippen molar-refractivity contribution < 1.29 is 13.9 Å². The van der Waals surface area contributed by atoms with Crippen molar-refractivity contribution >= 4 is 11.6 Å². The van der Waals surface area contributed by atoms with E-state index in [0.29, 0.717) is 18.8 Å². The van der Waals surface area contributed by atoms with E-state index in [4.69, 9.17) is 4.74 Å². The lowest BCUT2D eigenvalue weighted by Crippen LogP contribution is -2.45. The van der Waals surface area contributed by atoms with E-state index in [2.05, 4.69) is 10.6 Å². The summed E-state index contributed by atoms with van der Waals surface area (Å²) >= 11 is 0. The van der Waals surface area contributed by atoms with Gasteiger partial charge in [-0.05, 0) is 18.2 Å². The van der Waals surface area contributed by atoms with Crippen molar-refractivity contribution in [1.29, 1.82) is 0 Å². The molecule has 5 heteroatoms. The minimum Gasteiger partial charge on any atom is -0.366 e. The van der Waals surface area contributed by atoms with E-state index in [9.17, 15) is 9.18 Å². The number of amides is 1. The lowest BCUT2D eigenvalue weighted by Gasteiger charge is -2.22. The van der Waals surface area contributed by atoms with Gasteiger partial charge in [-0.3, -0.25) is 4.79 Å². The highest BCUT2D eigenvalue weighted by atomic mass is 19.1. The second-order valence-electron chi connectivity index (χ2n) is 3.56. The van der Waals surface area contributed by atoms with Crippen molar-refractivity contribution in [3.8, 4) is 0 Å². The largest absolute Gasteiger partial charge is 0.366 e. The van der Waals surface area contributed by atoms with Gasteiger partial charge in [-0.1, -0.05) is 6.07 Å². The molecule has 1 saturated heterocycles. The first-order valence-corrected chi connectivity index (χ1v) is 5.14. The molecule has 2 N–H and O–H groups in total. The molecule has 1 aliphatic rings. The molecule has 1 atom stereocenters. The molecule has 1 unspecified atom stereocenters. The molecule has 0 bridgehead atoms. The Morgan fingerprint density at radius 3 is 3.12 bits per heavy atom. The van der Waals surface area contributed by atoms with Crippen LogP contribution in [0.25, 0.3) is 0 Å². The van der Waals surface area contributed by atoms with E-state index in [1.54, 1.807) is 12.1 Å². The summed E-state index contributed by atoms with van der Waals surface area (Å²) < 4.78 is 18.1. The summed E-state index contributed by atoms with van der Waals surface area (Å²) in [7, 11) is 0. The topological polar surface area (TPSA) is 50.4 Å². The van der Waals surface area contributed by atoms with Gasteiger partial charge < -0.3 is 15.4 Å². The quantitative estimate of drug-likeness (QED) is 0.779. The number of hydrogen-bond donors (Lipinski definition) is 2. The minimum absolute atomic E-state index is 0.252. The van der Waals surface area contributed by atoms with E-state index < -0.39 is 6.10 Å². The number of nitrogens with one attached hydrogen (secondary N) is 2. The number of carbonyl (C=O) groups excluding carboxylic acids is 1. The van der Waals surface area contributed by atoms with E-state index in [1.807, 2.05) is 0 Å². The molecule has 4 nitrogen and oxygen atoms in total. The first-order valence-electron chi connectivity index (χ1n) is 5.14. The Kier molecular flexibility index (Phi) is 3.48. The summed E-state index contributed by atoms with van der Waals surface area (Å²) in [5.41, 5.74) is 0.444. The van der Waals surface area contributed by atoms with Crippen molar-refractivity contribution in [3.63, 3.8) is 0 Å². The van der Waals surface area contributed by atoms with E-state index in [-0.39, 0.29) is 11.7 Å². The van der Waals surface area contributed by atoms with Crippen LogP contribution in [-0.2, 0) is 9.53 Å². The Bertz CT molecular complexity index is 378. The van der Waals surface area contributed by atoms with E-state index in [0.717, 1.165) is 6.54 Å². The molecule has 1 heterocycles. The fourth-order valence-electron chi connectivity index (χ4n) is 1.52. The summed E-state index contributed by atoms with van der Waals surface area (Å²) in [6.07, 6.45) is -0.503. The fraction of sp³-hybridized carbons (Fsp3) is 0.364. The summed E-state index contributed by atoms with van der Waals surface area (Å²) in [5, 5.41) is 5.66. The molecule has 1 aliphatic heterocycles. The van der Waals surface area contributed by atoms with Gasteiger partial charge in [0, 0.05) is 18.8 Å². The van der Waals surface area contributed by atoms with Crippen LogP contribution in [0.15, 0.2) is 24.3 Å². The van der Waals surface area contributed by atoms with Crippen molar-refractivity contribution in [3.05, 3.63) is 30.1 Å². The number of rotatable bonds is 2. The van der Waals surface area contributed by atoms with Gasteiger partial charge in [0.1, 0.15) is 11.9 Å². The van der Waals surface area contributed by atoms with Crippen molar-refractivity contribution in [2.45, 2.75) is 6.10 Å². The fourth-order valence-corrected chi connectivity index (χ4v) is 1.52. The standard InChI is InChI=1S/C11H13FN2O2/c12-8-2-1-3-9(6-8)14-11(15)10-7-13-4-5-16-10/h1-3,6,10,13H,4-5,7H2,(H,14,15). The Balaban J connectivity index is 1.96. The first-order chi connectivity index (χ1) is 7.75. The molecule has 86 valence electrons. The first kappa shape index (κ1) is 11.0. The predicted octanol–water partition coefficient (Wildman–Crippen LogP) is 0.753. The van der Waals surface area contributed by atoms with Gasteiger partial charge in [-0.2, -0.15) is 0 Å². The van der Waals surface area contributed by atoms with Crippen LogP contribution in [0.5, 0.6) is 0 Å². The summed E-state index contributed by atoms with van der Waals surface area (Å²) in [6.45, 7) is 1.76. The van der Waals surface area contributed by atoms with Crippen LogP contribution >= 0.6 is 0 Å². The maximum absolute atomic E-state index is 12.9. The Morgan fingerprint density at radius 2 is 2.44 bits per heavy atom. The third-order valence-corrected chi connectivity index (χ3v) is 2.31. The summed E-state index contributed by atoms with van der Waals surface area (Å²) in [6, 6.07) is 5.78. The van der Waals surface area contributed by atoms with Gasteiger partial charge >= 0.3 is 0 Å². The van der Waals surface area contributed by atoms with Gasteiger partial charge in [0.25, 0.3) is 5.91 Å². The van der Waals surface area contributed by atoms with Crippen LogP contribution in [-0.4, -0.2) is 31.7 Å². The molecular weight excluding hydrogens is 211 g/mol. The predicted molar refractivity (Wildman–Crippen MR) is 57.6 cm³/mol. The average molecular weight is 224 g/mol. The van der Waals surface area contributed by atoms with Crippen LogP contribution in [0, 0.1) is 5.82 Å². The number of morpholine rings is 1. The third kappa shape index (κ3) is 2.77. The van der Waals surface area contributed by atoms with Crippen LogP contribution in [0.1, 0.15) is 0 Å². The average Bonchev–Trinajstić information content (AvgIpc) is 2.30. The van der Waals surface area contributed by atoms with Gasteiger partial charge in [-0.15, -0.1) is 0 Å². The van der Waals surface area contributed by atoms with E-state index in [1.165, 1.54) is 12.1 Å². The maximum atomic E-state index is 12.9. The normalized spacial score (nSPS) is 20.4. The number of ether oxygens (including phenoxy) is 1. The second-order valence-corrected chi connectivity index (χ2v) is 3.56. The number of benzene rings is 1. The highest BCUT2D eigenvalue weighted by Crippen LogP contribution is 2.10. The lowest BCUT2D eigenvalue weighted by molar-refractivity contribution is -0.128. The Hall–Kier alpha value is -1.46. The molecule has 0 saturated carbocycles. The maximum Gasteiger partial charge on any atom is 0.254 e. The molecule has 0 aromatic heterocycles. The highest BCUT2D eigenvalue weighted by Gasteiger charge is 2.21. The molecule has 0 radical (unpaired) electrons. The molecule has 1 fully saturated rings. The smallest absolute Gasteiger partial charge is 0.254 e. The Morgan fingerprint density at radius 1 is 1.56 bits per heavy atom. The van der Waals surface area contributed by atoms with E-state index >= 15 is 0 Å². The van der Waals surface area contributed by atoms with Gasteiger partial charge in [0.2, 0.25) is 0 Å². The molecule has 0 aliphatic carbocycles. The summed E-state index contributed by atoms with van der Waals surface area (Å²) in [4.78, 5) is 11.7. The molecule has 2 rings (SSSR count). The second kappa shape index (κ2) is 5.05. The van der Waals surface area contributed by atoms with Crippen LogP contribution in [0.4, 0.5) is 10.1 Å². The third-order valence-electron chi connectivity index (χ3n) is 2.31. The number of hydrogen-bond acceptors (Lipinski definition) is 3. The zero-order chi connectivity index (χ0) is 11.4.